The van der Waals surface area contributed by atoms with Gasteiger partial charge >= 0.3 is 0 Å². The van der Waals surface area contributed by atoms with Crippen molar-refractivity contribution in [2.75, 3.05) is 33.9 Å². The summed E-state index contributed by atoms with van der Waals surface area (Å²) in [5.41, 5.74) is 0. The number of aryl methyl sites for hydroxylation is 1. The maximum Gasteiger partial charge on any atom is 0.122 e. The Hall–Kier alpha value is -0.840. The van der Waals surface area contributed by atoms with Crippen molar-refractivity contribution >= 4 is 0 Å². The first-order chi connectivity index (χ1) is 7.68. The van der Waals surface area contributed by atoms with E-state index in [1.807, 2.05) is 13.0 Å². The van der Waals surface area contributed by atoms with E-state index in [4.69, 9.17) is 9.15 Å². The minimum absolute atomic E-state index is 0.231. The summed E-state index contributed by atoms with van der Waals surface area (Å²) < 4.78 is 11.2. The van der Waals surface area contributed by atoms with Crippen LogP contribution < -0.4 is 5.32 Å². The highest BCUT2D eigenvalue weighted by Gasteiger charge is 2.29. The Balaban J connectivity index is 2.16. The van der Waals surface area contributed by atoms with Gasteiger partial charge in [-0.1, -0.05) is 0 Å². The van der Waals surface area contributed by atoms with Crippen molar-refractivity contribution in [2.45, 2.75) is 19.0 Å². The highest BCUT2D eigenvalue weighted by atomic mass is 16.5. The number of furan rings is 1. The SMILES string of the molecule is Cc1ccc(C(C2COCCN2)N(C)C)o1. The number of morpholine rings is 1. The molecule has 0 bridgehead atoms. The molecule has 2 rings (SSSR count). The fourth-order valence-electron chi connectivity index (χ4n) is 2.21. The van der Waals surface area contributed by atoms with Crippen LogP contribution in [0.4, 0.5) is 0 Å². The Labute approximate surface area is 96.6 Å². The van der Waals surface area contributed by atoms with Crippen LogP contribution in [-0.2, 0) is 4.74 Å². The summed E-state index contributed by atoms with van der Waals surface area (Å²) in [6.45, 7) is 4.42. The average Bonchev–Trinajstić information content (AvgIpc) is 2.66. The predicted octanol–water partition coefficient (Wildman–Crippen LogP) is 1.18. The molecule has 16 heavy (non-hydrogen) atoms. The Bertz CT molecular complexity index is 330. The lowest BCUT2D eigenvalue weighted by atomic mass is 10.0. The molecule has 2 heterocycles. The van der Waals surface area contributed by atoms with E-state index in [2.05, 4.69) is 30.4 Å². The number of rotatable bonds is 3. The second-order valence-corrected chi connectivity index (χ2v) is 4.49. The molecule has 4 nitrogen and oxygen atoms in total. The predicted molar refractivity (Wildman–Crippen MR) is 62.5 cm³/mol. The van der Waals surface area contributed by atoms with Crippen LogP contribution in [0, 0.1) is 6.92 Å². The Morgan fingerprint density at radius 2 is 2.25 bits per heavy atom. The fourth-order valence-corrected chi connectivity index (χ4v) is 2.21. The number of nitrogens with one attached hydrogen (secondary N) is 1. The zero-order chi connectivity index (χ0) is 11.5. The first kappa shape index (κ1) is 11.6. The molecule has 0 radical (unpaired) electrons. The second kappa shape index (κ2) is 4.99. The van der Waals surface area contributed by atoms with Gasteiger partial charge in [0.2, 0.25) is 0 Å². The topological polar surface area (TPSA) is 37.6 Å². The second-order valence-electron chi connectivity index (χ2n) is 4.49. The van der Waals surface area contributed by atoms with Crippen molar-refractivity contribution in [2.24, 2.45) is 0 Å². The molecule has 0 saturated carbocycles. The van der Waals surface area contributed by atoms with Crippen LogP contribution in [0.5, 0.6) is 0 Å². The largest absolute Gasteiger partial charge is 0.465 e. The van der Waals surface area contributed by atoms with Crippen LogP contribution in [0.15, 0.2) is 16.5 Å². The lowest BCUT2D eigenvalue weighted by Crippen LogP contribution is -2.48. The van der Waals surface area contributed by atoms with Gasteiger partial charge in [0.1, 0.15) is 11.5 Å². The number of hydrogen-bond donors (Lipinski definition) is 1. The van der Waals surface area contributed by atoms with E-state index in [-0.39, 0.29) is 6.04 Å². The standard InChI is InChI=1S/C12H20N2O2/c1-9-4-5-11(16-9)12(14(2)3)10-8-15-7-6-13-10/h4-5,10,12-13H,6-8H2,1-3H3. The molecule has 1 aromatic rings. The van der Waals surface area contributed by atoms with Gasteiger partial charge in [0.15, 0.2) is 0 Å². The van der Waals surface area contributed by atoms with Gasteiger partial charge < -0.3 is 14.5 Å². The molecular formula is C12H20N2O2. The minimum atomic E-state index is 0.231. The highest BCUT2D eigenvalue weighted by Crippen LogP contribution is 2.25. The average molecular weight is 224 g/mol. The molecule has 0 spiro atoms. The maximum atomic E-state index is 5.72. The summed E-state index contributed by atoms with van der Waals surface area (Å²) in [5.74, 6) is 1.96. The fraction of sp³-hybridized carbons (Fsp3) is 0.667. The first-order valence-corrected chi connectivity index (χ1v) is 5.72. The number of ether oxygens (including phenoxy) is 1. The van der Waals surface area contributed by atoms with Crippen molar-refractivity contribution in [1.82, 2.24) is 10.2 Å². The Kier molecular flexibility index (Phi) is 3.63. The third kappa shape index (κ3) is 2.45. The summed E-state index contributed by atoms with van der Waals surface area (Å²) in [6.07, 6.45) is 0. The Morgan fingerprint density at radius 1 is 1.44 bits per heavy atom. The van der Waals surface area contributed by atoms with Crippen molar-refractivity contribution in [3.05, 3.63) is 23.7 Å². The summed E-state index contributed by atoms with van der Waals surface area (Å²) in [4.78, 5) is 2.17. The van der Waals surface area contributed by atoms with E-state index in [1.54, 1.807) is 0 Å². The molecule has 1 aliphatic heterocycles. The number of likely N-dealkylation sites (N-methyl/N-ethyl adjacent to an activating group) is 1. The van der Waals surface area contributed by atoms with Gasteiger partial charge in [-0.15, -0.1) is 0 Å². The highest BCUT2D eigenvalue weighted by molar-refractivity contribution is 5.12. The van der Waals surface area contributed by atoms with Crippen LogP contribution in [0.25, 0.3) is 0 Å². The number of nitrogens with zero attached hydrogens (tertiary/aromatic N) is 1. The molecule has 90 valence electrons. The van der Waals surface area contributed by atoms with Crippen molar-refractivity contribution in [3.8, 4) is 0 Å². The van der Waals surface area contributed by atoms with Crippen molar-refractivity contribution in [1.29, 1.82) is 0 Å². The van der Waals surface area contributed by atoms with Gasteiger partial charge in [0, 0.05) is 6.54 Å². The molecule has 2 atom stereocenters. The molecule has 1 aromatic heterocycles. The van der Waals surface area contributed by atoms with Gasteiger partial charge in [-0.3, -0.25) is 4.90 Å². The lowest BCUT2D eigenvalue weighted by molar-refractivity contribution is 0.0406. The maximum absolute atomic E-state index is 5.72. The van der Waals surface area contributed by atoms with Crippen LogP contribution in [-0.4, -0.2) is 44.8 Å². The van der Waals surface area contributed by atoms with Crippen LogP contribution in [0.1, 0.15) is 17.6 Å². The minimum Gasteiger partial charge on any atom is -0.465 e. The molecule has 0 amide bonds. The van der Waals surface area contributed by atoms with E-state index >= 15 is 0 Å². The van der Waals surface area contributed by atoms with E-state index in [0.29, 0.717) is 6.04 Å². The monoisotopic (exact) mass is 224 g/mol. The first-order valence-electron chi connectivity index (χ1n) is 5.72. The summed E-state index contributed by atoms with van der Waals surface area (Å²) in [6, 6.07) is 4.59. The molecule has 4 heteroatoms. The number of hydrogen-bond acceptors (Lipinski definition) is 4. The summed E-state index contributed by atoms with van der Waals surface area (Å²) in [7, 11) is 4.14. The molecule has 2 unspecified atom stereocenters. The van der Waals surface area contributed by atoms with Gasteiger partial charge in [0.05, 0.1) is 25.3 Å². The summed E-state index contributed by atoms with van der Waals surface area (Å²) >= 11 is 0. The van der Waals surface area contributed by atoms with Gasteiger partial charge in [-0.05, 0) is 33.2 Å². The van der Waals surface area contributed by atoms with E-state index in [9.17, 15) is 0 Å². The third-order valence-electron chi connectivity index (χ3n) is 2.94. The lowest BCUT2D eigenvalue weighted by Gasteiger charge is -2.34. The van der Waals surface area contributed by atoms with Gasteiger partial charge in [-0.2, -0.15) is 0 Å². The van der Waals surface area contributed by atoms with Crippen LogP contribution in [0.2, 0.25) is 0 Å². The van der Waals surface area contributed by atoms with E-state index in [0.717, 1.165) is 31.3 Å². The van der Waals surface area contributed by atoms with Gasteiger partial charge in [0.25, 0.3) is 0 Å². The van der Waals surface area contributed by atoms with Crippen molar-refractivity contribution in [3.63, 3.8) is 0 Å². The van der Waals surface area contributed by atoms with Crippen LogP contribution in [0.3, 0.4) is 0 Å². The molecule has 1 saturated heterocycles. The smallest absolute Gasteiger partial charge is 0.122 e. The zero-order valence-corrected chi connectivity index (χ0v) is 10.2. The zero-order valence-electron chi connectivity index (χ0n) is 10.2. The molecular weight excluding hydrogens is 204 g/mol. The molecule has 1 N–H and O–H groups in total. The van der Waals surface area contributed by atoms with E-state index < -0.39 is 0 Å². The van der Waals surface area contributed by atoms with Crippen molar-refractivity contribution < 1.29 is 9.15 Å². The molecule has 0 aliphatic carbocycles. The van der Waals surface area contributed by atoms with E-state index in [1.165, 1.54) is 0 Å². The summed E-state index contributed by atoms with van der Waals surface area (Å²) in [5, 5.41) is 3.48. The quantitative estimate of drug-likeness (QED) is 0.836. The molecule has 1 aliphatic rings. The normalized spacial score (nSPS) is 23.6. The molecule has 1 fully saturated rings. The van der Waals surface area contributed by atoms with Crippen LogP contribution >= 0.6 is 0 Å². The Morgan fingerprint density at radius 3 is 2.75 bits per heavy atom. The van der Waals surface area contributed by atoms with Gasteiger partial charge in [-0.25, -0.2) is 0 Å². The third-order valence-corrected chi connectivity index (χ3v) is 2.94. The molecule has 0 aromatic carbocycles.